The number of hydrogen-bond donors (Lipinski definition) is 1. The fraction of sp³-hybridized carbons (Fsp3) is 0.364. The predicted molar refractivity (Wildman–Crippen MR) is 101 cm³/mol. The molecular weight excluding hydrogens is 326 g/mol. The largest absolute Gasteiger partial charge is 0.481 e. The van der Waals surface area contributed by atoms with E-state index in [2.05, 4.69) is 31.2 Å². The molecule has 1 aliphatic rings. The maximum absolute atomic E-state index is 13.2. The third-order valence-corrected chi connectivity index (χ3v) is 5.06. The van der Waals surface area contributed by atoms with Crippen molar-refractivity contribution in [3.63, 3.8) is 0 Å². The second kappa shape index (κ2) is 8.17. The number of aryl methyl sites for hydroxylation is 1. The molecule has 4 heteroatoms. The number of hydrogen-bond acceptors (Lipinski definition) is 2. The highest BCUT2D eigenvalue weighted by Crippen LogP contribution is 2.24. The van der Waals surface area contributed by atoms with Crippen LogP contribution >= 0.6 is 0 Å². The first-order valence-electron chi connectivity index (χ1n) is 9.21. The molecule has 1 amide bonds. The van der Waals surface area contributed by atoms with Crippen LogP contribution in [-0.2, 0) is 11.2 Å². The van der Waals surface area contributed by atoms with Gasteiger partial charge in [-0.1, -0.05) is 48.0 Å². The zero-order valence-corrected chi connectivity index (χ0v) is 15.1. The lowest BCUT2D eigenvalue weighted by Crippen LogP contribution is -2.45. The van der Waals surface area contributed by atoms with E-state index in [9.17, 15) is 9.59 Å². The topological polar surface area (TPSA) is 57.6 Å². The highest BCUT2D eigenvalue weighted by atomic mass is 16.4. The van der Waals surface area contributed by atoms with E-state index >= 15 is 0 Å². The van der Waals surface area contributed by atoms with Gasteiger partial charge in [0.05, 0.1) is 6.42 Å². The summed E-state index contributed by atoms with van der Waals surface area (Å²) in [6.45, 7) is 2.69. The minimum absolute atomic E-state index is 0.0197. The Labute approximate surface area is 154 Å². The number of rotatable bonds is 5. The van der Waals surface area contributed by atoms with Crippen molar-refractivity contribution in [2.24, 2.45) is 0 Å². The first-order valence-corrected chi connectivity index (χ1v) is 9.21. The molecule has 1 saturated heterocycles. The van der Waals surface area contributed by atoms with Crippen molar-refractivity contribution in [1.29, 1.82) is 0 Å². The van der Waals surface area contributed by atoms with E-state index in [0.29, 0.717) is 18.5 Å². The van der Waals surface area contributed by atoms with Gasteiger partial charge >= 0.3 is 5.97 Å². The Morgan fingerprint density at radius 3 is 2.54 bits per heavy atom. The first-order chi connectivity index (χ1) is 12.5. The molecule has 1 aliphatic heterocycles. The summed E-state index contributed by atoms with van der Waals surface area (Å²) in [5.41, 5.74) is 4.05. The maximum atomic E-state index is 13.2. The Kier molecular flexibility index (Phi) is 5.71. The molecule has 136 valence electrons. The van der Waals surface area contributed by atoms with Gasteiger partial charge in [0.1, 0.15) is 0 Å². The van der Waals surface area contributed by atoms with Gasteiger partial charge in [0, 0.05) is 18.2 Å². The minimum Gasteiger partial charge on any atom is -0.481 e. The molecule has 0 saturated carbocycles. The second-order valence-electron chi connectivity index (χ2n) is 7.07. The van der Waals surface area contributed by atoms with Crippen molar-refractivity contribution in [2.75, 3.05) is 6.54 Å². The summed E-state index contributed by atoms with van der Waals surface area (Å²) in [7, 11) is 0. The lowest BCUT2D eigenvalue weighted by Gasteiger charge is -2.35. The van der Waals surface area contributed by atoms with E-state index in [-0.39, 0.29) is 18.4 Å². The van der Waals surface area contributed by atoms with Gasteiger partial charge in [-0.3, -0.25) is 9.59 Å². The summed E-state index contributed by atoms with van der Waals surface area (Å²) in [5, 5.41) is 9.17. The van der Waals surface area contributed by atoms with Crippen molar-refractivity contribution in [3.05, 3.63) is 70.8 Å². The van der Waals surface area contributed by atoms with Crippen LogP contribution in [-0.4, -0.2) is 34.5 Å². The van der Waals surface area contributed by atoms with Crippen LogP contribution in [0.4, 0.5) is 0 Å². The van der Waals surface area contributed by atoms with Crippen LogP contribution in [0, 0.1) is 6.92 Å². The van der Waals surface area contributed by atoms with Crippen molar-refractivity contribution in [1.82, 2.24) is 4.90 Å². The highest BCUT2D eigenvalue weighted by Gasteiger charge is 2.30. The number of carbonyl (C=O) groups is 2. The summed E-state index contributed by atoms with van der Waals surface area (Å²) in [4.78, 5) is 26.1. The molecule has 26 heavy (non-hydrogen) atoms. The number of carbonyl (C=O) groups excluding carboxylic acids is 1. The molecule has 3 rings (SSSR count). The number of nitrogens with zero attached hydrogens (tertiary/aromatic N) is 1. The van der Waals surface area contributed by atoms with E-state index < -0.39 is 5.97 Å². The Morgan fingerprint density at radius 2 is 1.81 bits per heavy atom. The fourth-order valence-corrected chi connectivity index (χ4v) is 3.65. The number of likely N-dealkylation sites (tertiary alicyclic amines) is 1. The third kappa shape index (κ3) is 4.31. The number of aliphatic carboxylic acids is 1. The number of carboxylic acid groups (broad SMARTS) is 1. The van der Waals surface area contributed by atoms with Gasteiger partial charge in [-0.05, 0) is 49.8 Å². The van der Waals surface area contributed by atoms with Crippen LogP contribution in [0.1, 0.15) is 52.7 Å². The quantitative estimate of drug-likeness (QED) is 0.884. The van der Waals surface area contributed by atoms with Gasteiger partial charge in [0.15, 0.2) is 0 Å². The van der Waals surface area contributed by atoms with Gasteiger partial charge < -0.3 is 10.0 Å². The summed E-state index contributed by atoms with van der Waals surface area (Å²) >= 11 is 0. The first kappa shape index (κ1) is 18.2. The fourth-order valence-electron chi connectivity index (χ4n) is 3.65. The molecule has 0 radical (unpaired) electrons. The van der Waals surface area contributed by atoms with Gasteiger partial charge in [0.2, 0.25) is 0 Å². The smallest absolute Gasteiger partial charge is 0.305 e. The summed E-state index contributed by atoms with van der Waals surface area (Å²) in [6.07, 6.45) is 3.39. The van der Waals surface area contributed by atoms with E-state index in [0.717, 1.165) is 30.4 Å². The van der Waals surface area contributed by atoms with Gasteiger partial charge in [-0.25, -0.2) is 0 Å². The molecular formula is C22H25NO3. The van der Waals surface area contributed by atoms with Crippen LogP contribution in [0.3, 0.4) is 0 Å². The average molecular weight is 351 g/mol. The Morgan fingerprint density at radius 1 is 1.08 bits per heavy atom. The Bertz CT molecular complexity index is 782. The molecule has 2 aromatic rings. The zero-order valence-electron chi connectivity index (χ0n) is 15.1. The van der Waals surface area contributed by atoms with Gasteiger partial charge in [-0.2, -0.15) is 0 Å². The lowest BCUT2D eigenvalue weighted by atomic mass is 9.95. The van der Waals surface area contributed by atoms with E-state index in [1.165, 1.54) is 5.56 Å². The van der Waals surface area contributed by atoms with E-state index in [1.54, 1.807) is 4.90 Å². The number of benzene rings is 2. The minimum atomic E-state index is -0.845. The molecule has 0 spiro atoms. The van der Waals surface area contributed by atoms with Crippen molar-refractivity contribution in [3.8, 4) is 0 Å². The average Bonchev–Trinajstić information content (AvgIpc) is 2.63. The van der Waals surface area contributed by atoms with Crippen molar-refractivity contribution in [2.45, 2.75) is 45.1 Å². The van der Waals surface area contributed by atoms with E-state index in [1.807, 2.05) is 24.3 Å². The van der Waals surface area contributed by atoms with Crippen LogP contribution in [0.5, 0.6) is 0 Å². The Balaban J connectivity index is 1.84. The van der Waals surface area contributed by atoms with Crippen molar-refractivity contribution >= 4 is 11.9 Å². The molecule has 0 aliphatic carbocycles. The molecule has 1 N–H and O–H groups in total. The monoisotopic (exact) mass is 351 g/mol. The number of piperidine rings is 1. The Hall–Kier alpha value is -2.62. The highest BCUT2D eigenvalue weighted by molar-refractivity contribution is 5.96. The summed E-state index contributed by atoms with van der Waals surface area (Å²) in [5.74, 6) is -0.888. The molecule has 2 aromatic carbocycles. The van der Waals surface area contributed by atoms with Crippen LogP contribution in [0.25, 0.3) is 0 Å². The SMILES string of the molecule is Cc1ccc(Cc2ccccc2C(=O)N2CCCCC2CC(=O)O)cc1. The zero-order chi connectivity index (χ0) is 18.5. The molecule has 4 nitrogen and oxygen atoms in total. The predicted octanol–water partition coefficient (Wildman–Crippen LogP) is 4.06. The molecule has 0 bridgehead atoms. The number of amides is 1. The van der Waals surface area contributed by atoms with Crippen LogP contribution in [0.2, 0.25) is 0 Å². The normalized spacial score (nSPS) is 17.1. The molecule has 1 atom stereocenters. The van der Waals surface area contributed by atoms with Crippen LogP contribution < -0.4 is 0 Å². The van der Waals surface area contributed by atoms with Crippen molar-refractivity contribution < 1.29 is 14.7 Å². The summed E-state index contributed by atoms with van der Waals surface area (Å²) in [6, 6.07) is 15.8. The van der Waals surface area contributed by atoms with Gasteiger partial charge in [-0.15, -0.1) is 0 Å². The lowest BCUT2D eigenvalue weighted by molar-refractivity contribution is -0.138. The molecule has 1 unspecified atom stereocenters. The third-order valence-electron chi connectivity index (χ3n) is 5.06. The molecule has 1 fully saturated rings. The number of carboxylic acids is 1. The second-order valence-corrected chi connectivity index (χ2v) is 7.07. The standard InChI is InChI=1S/C22H25NO3/c1-16-9-11-17(12-10-16)14-18-6-2-3-8-20(18)22(26)23-13-5-4-7-19(23)15-21(24)25/h2-3,6,8-12,19H,4-5,7,13-15H2,1H3,(H,24,25). The molecule has 0 aromatic heterocycles. The van der Waals surface area contributed by atoms with Crippen LogP contribution in [0.15, 0.2) is 48.5 Å². The maximum Gasteiger partial charge on any atom is 0.305 e. The molecule has 1 heterocycles. The summed E-state index contributed by atoms with van der Waals surface area (Å²) < 4.78 is 0. The van der Waals surface area contributed by atoms with E-state index in [4.69, 9.17) is 5.11 Å². The van der Waals surface area contributed by atoms with Gasteiger partial charge in [0.25, 0.3) is 5.91 Å².